The summed E-state index contributed by atoms with van der Waals surface area (Å²) in [5.41, 5.74) is 0.0681. The third kappa shape index (κ3) is 2.88. The smallest absolute Gasteiger partial charge is 0.334 e. The molecule has 1 aromatic carbocycles. The van der Waals surface area contributed by atoms with Crippen molar-refractivity contribution in [2.75, 3.05) is 26.8 Å². The SMILES string of the molecule is COc1ccc(F)cc1C(=O)N1CCO[C@@H](C(=O)O)C1. The van der Waals surface area contributed by atoms with Crippen LogP contribution in [-0.4, -0.2) is 54.8 Å². The van der Waals surface area contributed by atoms with E-state index < -0.39 is 23.8 Å². The first-order valence-corrected chi connectivity index (χ1v) is 6.00. The van der Waals surface area contributed by atoms with Gasteiger partial charge in [0, 0.05) is 6.54 Å². The van der Waals surface area contributed by atoms with Crippen LogP contribution in [0.25, 0.3) is 0 Å². The molecule has 2 rings (SSSR count). The summed E-state index contributed by atoms with van der Waals surface area (Å²) in [5.74, 6) is -1.92. The lowest BCUT2D eigenvalue weighted by atomic mass is 10.1. The van der Waals surface area contributed by atoms with Gasteiger partial charge in [-0.05, 0) is 18.2 Å². The number of benzene rings is 1. The summed E-state index contributed by atoms with van der Waals surface area (Å²) < 4.78 is 23.3. The quantitative estimate of drug-likeness (QED) is 0.886. The topological polar surface area (TPSA) is 76.1 Å². The summed E-state index contributed by atoms with van der Waals surface area (Å²) in [6.07, 6.45) is -1.06. The standard InChI is InChI=1S/C13H14FNO5/c1-19-10-3-2-8(14)6-9(10)12(16)15-4-5-20-11(7-15)13(17)18/h2-3,6,11H,4-5,7H2,1H3,(H,17,18)/t11-/m1/s1. The number of hydrogen-bond donors (Lipinski definition) is 1. The van der Waals surface area contributed by atoms with Gasteiger partial charge in [0.25, 0.3) is 5.91 Å². The van der Waals surface area contributed by atoms with Crippen LogP contribution in [0, 0.1) is 5.82 Å². The lowest BCUT2D eigenvalue weighted by Crippen LogP contribution is -2.48. The first kappa shape index (κ1) is 14.3. The van der Waals surface area contributed by atoms with Crippen molar-refractivity contribution in [2.45, 2.75) is 6.10 Å². The Balaban J connectivity index is 2.22. The van der Waals surface area contributed by atoms with E-state index in [0.717, 1.165) is 6.07 Å². The van der Waals surface area contributed by atoms with Gasteiger partial charge in [-0.15, -0.1) is 0 Å². The summed E-state index contributed by atoms with van der Waals surface area (Å²) >= 11 is 0. The molecule has 0 bridgehead atoms. The monoisotopic (exact) mass is 283 g/mol. The molecule has 0 unspecified atom stereocenters. The van der Waals surface area contributed by atoms with Gasteiger partial charge in [-0.2, -0.15) is 0 Å². The number of carbonyl (C=O) groups is 2. The minimum Gasteiger partial charge on any atom is -0.496 e. The van der Waals surface area contributed by atoms with Crippen LogP contribution in [0.2, 0.25) is 0 Å². The van der Waals surface area contributed by atoms with Crippen molar-refractivity contribution in [3.63, 3.8) is 0 Å². The summed E-state index contributed by atoms with van der Waals surface area (Å²) in [7, 11) is 1.38. The predicted octanol–water partition coefficient (Wildman–Crippen LogP) is 0.760. The average molecular weight is 283 g/mol. The molecule has 1 atom stereocenters. The third-order valence-electron chi connectivity index (χ3n) is 3.02. The van der Waals surface area contributed by atoms with Gasteiger partial charge in [0.1, 0.15) is 11.6 Å². The van der Waals surface area contributed by atoms with Gasteiger partial charge in [-0.3, -0.25) is 4.79 Å². The van der Waals surface area contributed by atoms with Gasteiger partial charge in [-0.25, -0.2) is 9.18 Å². The molecule has 1 heterocycles. The Morgan fingerprint density at radius 1 is 1.50 bits per heavy atom. The Bertz CT molecular complexity index is 533. The molecule has 20 heavy (non-hydrogen) atoms. The van der Waals surface area contributed by atoms with Gasteiger partial charge >= 0.3 is 5.97 Å². The Hall–Kier alpha value is -2.15. The molecule has 1 saturated heterocycles. The van der Waals surface area contributed by atoms with E-state index in [9.17, 15) is 14.0 Å². The highest BCUT2D eigenvalue weighted by atomic mass is 19.1. The number of carboxylic acids is 1. The van der Waals surface area contributed by atoms with Crippen LogP contribution in [0.3, 0.4) is 0 Å². The fourth-order valence-corrected chi connectivity index (χ4v) is 2.00. The number of morpholine rings is 1. The van der Waals surface area contributed by atoms with Crippen molar-refractivity contribution >= 4 is 11.9 Å². The van der Waals surface area contributed by atoms with E-state index in [2.05, 4.69) is 0 Å². The van der Waals surface area contributed by atoms with E-state index >= 15 is 0 Å². The highest BCUT2D eigenvalue weighted by molar-refractivity contribution is 5.97. The van der Waals surface area contributed by atoms with Gasteiger partial charge < -0.3 is 19.5 Å². The number of halogens is 1. The molecule has 0 spiro atoms. The summed E-state index contributed by atoms with van der Waals surface area (Å²) in [6.45, 7) is 0.302. The van der Waals surface area contributed by atoms with Gasteiger partial charge in [-0.1, -0.05) is 0 Å². The third-order valence-corrected chi connectivity index (χ3v) is 3.02. The number of aliphatic carboxylic acids is 1. The second-order valence-electron chi connectivity index (χ2n) is 4.29. The lowest BCUT2D eigenvalue weighted by molar-refractivity contribution is -0.154. The largest absolute Gasteiger partial charge is 0.496 e. The maximum absolute atomic E-state index is 13.3. The molecule has 1 fully saturated rings. The van der Waals surface area contributed by atoms with Crippen molar-refractivity contribution in [2.24, 2.45) is 0 Å². The fraction of sp³-hybridized carbons (Fsp3) is 0.385. The number of nitrogens with zero attached hydrogens (tertiary/aromatic N) is 1. The van der Waals surface area contributed by atoms with Gasteiger partial charge in [0.2, 0.25) is 0 Å². The molecule has 6 nitrogen and oxygen atoms in total. The zero-order chi connectivity index (χ0) is 14.7. The fourth-order valence-electron chi connectivity index (χ4n) is 2.00. The van der Waals surface area contributed by atoms with E-state index in [-0.39, 0.29) is 31.0 Å². The Kier molecular flexibility index (Phi) is 4.19. The van der Waals surface area contributed by atoms with Crippen LogP contribution in [0.1, 0.15) is 10.4 Å². The second-order valence-corrected chi connectivity index (χ2v) is 4.29. The molecule has 1 aromatic rings. The highest BCUT2D eigenvalue weighted by Gasteiger charge is 2.30. The molecule has 0 aliphatic carbocycles. The number of amides is 1. The number of hydrogen-bond acceptors (Lipinski definition) is 4. The molecule has 1 aliphatic rings. The average Bonchev–Trinajstić information content (AvgIpc) is 2.46. The zero-order valence-electron chi connectivity index (χ0n) is 10.8. The summed E-state index contributed by atoms with van der Waals surface area (Å²) in [4.78, 5) is 24.5. The zero-order valence-corrected chi connectivity index (χ0v) is 10.8. The molecule has 1 N–H and O–H groups in total. The molecular formula is C13H14FNO5. The minimum atomic E-state index is -1.13. The molecular weight excluding hydrogens is 269 g/mol. The molecule has 7 heteroatoms. The summed E-state index contributed by atoms with van der Waals surface area (Å²) in [6, 6.07) is 3.62. The Labute approximate surface area is 114 Å². The molecule has 108 valence electrons. The Morgan fingerprint density at radius 2 is 2.25 bits per heavy atom. The van der Waals surface area contributed by atoms with Crippen molar-refractivity contribution in [3.8, 4) is 5.75 Å². The normalized spacial score (nSPS) is 18.7. The van der Waals surface area contributed by atoms with Gasteiger partial charge in [0.15, 0.2) is 6.10 Å². The highest BCUT2D eigenvalue weighted by Crippen LogP contribution is 2.22. The van der Waals surface area contributed by atoms with Crippen LogP contribution >= 0.6 is 0 Å². The number of rotatable bonds is 3. The number of methoxy groups -OCH3 is 1. The minimum absolute atomic E-state index is 0.0681. The predicted molar refractivity (Wildman–Crippen MR) is 66.2 cm³/mol. The van der Waals surface area contributed by atoms with E-state index in [4.69, 9.17) is 14.6 Å². The summed E-state index contributed by atoms with van der Waals surface area (Å²) in [5, 5.41) is 8.91. The molecule has 1 aliphatic heterocycles. The van der Waals surface area contributed by atoms with Crippen LogP contribution in [0.5, 0.6) is 5.75 Å². The Morgan fingerprint density at radius 3 is 2.90 bits per heavy atom. The number of carboxylic acid groups (broad SMARTS) is 1. The van der Waals surface area contributed by atoms with Crippen molar-refractivity contribution in [1.82, 2.24) is 4.90 Å². The van der Waals surface area contributed by atoms with Crippen molar-refractivity contribution < 1.29 is 28.6 Å². The van der Waals surface area contributed by atoms with E-state index in [0.29, 0.717) is 0 Å². The van der Waals surface area contributed by atoms with Crippen LogP contribution in [0.4, 0.5) is 4.39 Å². The molecule has 0 aromatic heterocycles. The van der Waals surface area contributed by atoms with Gasteiger partial charge in [0.05, 0.1) is 25.8 Å². The van der Waals surface area contributed by atoms with E-state index in [1.165, 1.54) is 24.1 Å². The first-order chi connectivity index (χ1) is 9.52. The lowest BCUT2D eigenvalue weighted by Gasteiger charge is -2.31. The number of carbonyl (C=O) groups excluding carboxylic acids is 1. The maximum Gasteiger partial charge on any atom is 0.334 e. The number of ether oxygens (including phenoxy) is 2. The van der Waals surface area contributed by atoms with Crippen LogP contribution < -0.4 is 4.74 Å². The van der Waals surface area contributed by atoms with E-state index in [1.807, 2.05) is 0 Å². The molecule has 0 radical (unpaired) electrons. The van der Waals surface area contributed by atoms with E-state index in [1.54, 1.807) is 0 Å². The maximum atomic E-state index is 13.3. The molecule has 1 amide bonds. The molecule has 0 saturated carbocycles. The van der Waals surface area contributed by atoms with Crippen LogP contribution in [0.15, 0.2) is 18.2 Å². The van der Waals surface area contributed by atoms with Crippen molar-refractivity contribution in [1.29, 1.82) is 0 Å². The second kappa shape index (κ2) is 5.87. The van der Waals surface area contributed by atoms with Crippen LogP contribution in [-0.2, 0) is 9.53 Å². The first-order valence-electron chi connectivity index (χ1n) is 6.00. The van der Waals surface area contributed by atoms with Crippen molar-refractivity contribution in [3.05, 3.63) is 29.6 Å².